The third-order valence-corrected chi connectivity index (χ3v) is 4.37. The number of nitrogens with one attached hydrogen (secondary N) is 1. The van der Waals surface area contributed by atoms with Crippen molar-refractivity contribution in [3.8, 4) is 5.75 Å². The lowest BCUT2D eigenvalue weighted by Gasteiger charge is -2.10. The van der Waals surface area contributed by atoms with Crippen LogP contribution < -0.4 is 10.2 Å². The second-order valence-corrected chi connectivity index (χ2v) is 6.65. The lowest BCUT2D eigenvalue weighted by Crippen LogP contribution is -2.17. The fraction of sp³-hybridized carbons (Fsp3) is 0. The lowest BCUT2D eigenvalue weighted by atomic mass is 10.2. The van der Waals surface area contributed by atoms with Crippen LogP contribution in [0.5, 0.6) is 5.75 Å². The van der Waals surface area contributed by atoms with E-state index in [2.05, 4.69) is 31.4 Å². The van der Waals surface area contributed by atoms with Gasteiger partial charge in [0.2, 0.25) is 0 Å². The minimum Gasteiger partial charge on any atom is -0.421 e. The van der Waals surface area contributed by atoms with Gasteiger partial charge in [-0.1, -0.05) is 18.2 Å². The van der Waals surface area contributed by atoms with Gasteiger partial charge in [0, 0.05) is 35.7 Å². The lowest BCUT2D eigenvalue weighted by molar-refractivity contribution is -0.385. The Labute approximate surface area is 178 Å². The molecule has 0 fully saturated rings. The van der Waals surface area contributed by atoms with E-state index in [1.807, 2.05) is 0 Å². The molecule has 9 nitrogen and oxygen atoms in total. The van der Waals surface area contributed by atoms with Crippen molar-refractivity contribution in [2.45, 2.75) is 0 Å². The highest BCUT2D eigenvalue weighted by Gasteiger charge is 2.19. The first-order chi connectivity index (χ1) is 14.5. The number of halogens is 1. The number of nitro benzene ring substituents is 1. The summed E-state index contributed by atoms with van der Waals surface area (Å²) in [6.45, 7) is 0. The standard InChI is InChI=1S/C20H13BrN4O5/c21-17-11-16(25(28)29)10-15(12-23-24-19(26)13-6-8-22-9-7-13)18(17)30-20(27)14-4-2-1-3-5-14/h1-12H,(H,24,26)/b23-12+. The highest BCUT2D eigenvalue weighted by atomic mass is 79.9. The number of amides is 1. The van der Waals surface area contributed by atoms with E-state index >= 15 is 0 Å². The number of hydrogen-bond acceptors (Lipinski definition) is 7. The Balaban J connectivity index is 1.88. The molecule has 0 saturated heterocycles. The summed E-state index contributed by atoms with van der Waals surface area (Å²) in [7, 11) is 0. The van der Waals surface area contributed by atoms with Crippen molar-refractivity contribution >= 4 is 39.7 Å². The van der Waals surface area contributed by atoms with Gasteiger partial charge in [-0.15, -0.1) is 0 Å². The quantitative estimate of drug-likeness (QED) is 0.193. The van der Waals surface area contributed by atoms with Crippen molar-refractivity contribution in [3.05, 3.63) is 98.3 Å². The van der Waals surface area contributed by atoms with Crippen molar-refractivity contribution < 1.29 is 19.2 Å². The summed E-state index contributed by atoms with van der Waals surface area (Å²) in [6, 6.07) is 13.7. The van der Waals surface area contributed by atoms with Crippen LogP contribution in [-0.2, 0) is 0 Å². The van der Waals surface area contributed by atoms with Gasteiger partial charge in [0.1, 0.15) is 0 Å². The van der Waals surface area contributed by atoms with Crippen molar-refractivity contribution in [2.24, 2.45) is 5.10 Å². The van der Waals surface area contributed by atoms with E-state index in [9.17, 15) is 19.7 Å². The van der Waals surface area contributed by atoms with Gasteiger partial charge >= 0.3 is 5.97 Å². The molecule has 1 heterocycles. The molecule has 2 aromatic carbocycles. The number of nitro groups is 1. The number of rotatable bonds is 6. The van der Waals surface area contributed by atoms with Crippen molar-refractivity contribution in [1.29, 1.82) is 0 Å². The predicted octanol–water partition coefficient (Wildman–Crippen LogP) is 3.74. The molecule has 1 N–H and O–H groups in total. The summed E-state index contributed by atoms with van der Waals surface area (Å²) in [5.41, 5.74) is 2.81. The maximum absolute atomic E-state index is 12.4. The molecule has 150 valence electrons. The van der Waals surface area contributed by atoms with Gasteiger partial charge in [-0.2, -0.15) is 5.10 Å². The van der Waals surface area contributed by atoms with Crippen LogP contribution in [0.1, 0.15) is 26.3 Å². The Morgan fingerprint density at radius 1 is 1.10 bits per heavy atom. The average Bonchev–Trinajstić information content (AvgIpc) is 2.76. The molecule has 0 aliphatic carbocycles. The molecule has 0 bridgehead atoms. The molecule has 1 amide bonds. The number of pyridine rings is 1. The highest BCUT2D eigenvalue weighted by molar-refractivity contribution is 9.10. The number of non-ortho nitro benzene ring substituents is 1. The number of hydrogen-bond donors (Lipinski definition) is 1. The number of esters is 1. The molecule has 0 radical (unpaired) electrons. The summed E-state index contributed by atoms with van der Waals surface area (Å²) in [6.07, 6.45) is 4.07. The molecule has 10 heteroatoms. The Hall–Kier alpha value is -3.92. The SMILES string of the molecule is O=C(N/N=C/c1cc([N+](=O)[O-])cc(Br)c1OC(=O)c1ccccc1)c1ccncc1. The maximum atomic E-state index is 12.4. The van der Waals surface area contributed by atoms with Crippen LogP contribution in [0, 0.1) is 10.1 Å². The Bertz CT molecular complexity index is 1120. The van der Waals surface area contributed by atoms with E-state index in [4.69, 9.17) is 4.74 Å². The monoisotopic (exact) mass is 468 g/mol. The minimum absolute atomic E-state index is 0.0244. The zero-order valence-corrected chi connectivity index (χ0v) is 16.8. The number of ether oxygens (including phenoxy) is 1. The summed E-state index contributed by atoms with van der Waals surface area (Å²) < 4.78 is 5.60. The van der Waals surface area contributed by atoms with Crippen LogP contribution in [0.4, 0.5) is 5.69 Å². The van der Waals surface area contributed by atoms with Gasteiger partial charge in [0.25, 0.3) is 11.6 Å². The molecule has 1 aromatic heterocycles. The second kappa shape index (κ2) is 9.52. The summed E-state index contributed by atoms with van der Waals surface area (Å²) in [5, 5.41) is 15.0. The summed E-state index contributed by atoms with van der Waals surface area (Å²) in [4.78, 5) is 38.9. The molecule has 30 heavy (non-hydrogen) atoms. The molecule has 0 unspecified atom stereocenters. The second-order valence-electron chi connectivity index (χ2n) is 5.79. The number of hydrazone groups is 1. The molecule has 3 rings (SSSR count). The maximum Gasteiger partial charge on any atom is 0.343 e. The van der Waals surface area contributed by atoms with E-state index in [1.165, 1.54) is 36.7 Å². The van der Waals surface area contributed by atoms with Crippen molar-refractivity contribution in [3.63, 3.8) is 0 Å². The van der Waals surface area contributed by atoms with Crippen LogP contribution in [-0.4, -0.2) is 28.0 Å². The average molecular weight is 469 g/mol. The molecule has 0 aliphatic heterocycles. The van der Waals surface area contributed by atoms with E-state index < -0.39 is 16.8 Å². The van der Waals surface area contributed by atoms with Crippen LogP contribution in [0.25, 0.3) is 0 Å². The molecule has 0 aliphatic rings. The third kappa shape index (κ3) is 5.11. The largest absolute Gasteiger partial charge is 0.421 e. The van der Waals surface area contributed by atoms with Gasteiger partial charge < -0.3 is 4.74 Å². The first-order valence-electron chi connectivity index (χ1n) is 8.44. The molecule has 3 aromatic rings. The van der Waals surface area contributed by atoms with Crippen LogP contribution in [0.2, 0.25) is 0 Å². The van der Waals surface area contributed by atoms with E-state index in [0.717, 1.165) is 6.21 Å². The van der Waals surface area contributed by atoms with Crippen LogP contribution >= 0.6 is 15.9 Å². The number of nitrogens with zero attached hydrogens (tertiary/aromatic N) is 3. The highest BCUT2D eigenvalue weighted by Crippen LogP contribution is 2.33. The van der Waals surface area contributed by atoms with Gasteiger partial charge in [-0.05, 0) is 40.2 Å². The fourth-order valence-electron chi connectivity index (χ4n) is 2.36. The number of benzene rings is 2. The first-order valence-corrected chi connectivity index (χ1v) is 9.23. The number of aromatic nitrogens is 1. The predicted molar refractivity (Wildman–Crippen MR) is 111 cm³/mol. The van der Waals surface area contributed by atoms with Crippen molar-refractivity contribution in [2.75, 3.05) is 0 Å². The molecule has 0 atom stereocenters. The minimum atomic E-state index is -0.652. The fourth-order valence-corrected chi connectivity index (χ4v) is 2.91. The topological polar surface area (TPSA) is 124 Å². The zero-order valence-electron chi connectivity index (χ0n) is 15.2. The number of carbonyl (C=O) groups excluding carboxylic acids is 2. The molecule has 0 spiro atoms. The van der Waals surface area contributed by atoms with Gasteiger partial charge in [-0.25, -0.2) is 10.2 Å². The third-order valence-electron chi connectivity index (χ3n) is 3.78. The normalized spacial score (nSPS) is 10.6. The smallest absolute Gasteiger partial charge is 0.343 e. The van der Waals surface area contributed by atoms with E-state index in [-0.39, 0.29) is 21.5 Å². The zero-order chi connectivity index (χ0) is 21.5. The molecular formula is C20H13BrN4O5. The van der Waals surface area contributed by atoms with Crippen molar-refractivity contribution in [1.82, 2.24) is 10.4 Å². The van der Waals surface area contributed by atoms with E-state index in [1.54, 1.807) is 30.3 Å². The number of carbonyl (C=O) groups is 2. The van der Waals surface area contributed by atoms with Gasteiger partial charge in [0.15, 0.2) is 5.75 Å². The Kier molecular flexibility index (Phi) is 6.60. The van der Waals surface area contributed by atoms with Crippen LogP contribution in [0.3, 0.4) is 0 Å². The molecule has 0 saturated carbocycles. The van der Waals surface area contributed by atoms with E-state index in [0.29, 0.717) is 11.1 Å². The van der Waals surface area contributed by atoms with Gasteiger partial charge in [-0.3, -0.25) is 19.9 Å². The molecular weight excluding hydrogens is 456 g/mol. The Morgan fingerprint density at radius 3 is 2.47 bits per heavy atom. The summed E-state index contributed by atoms with van der Waals surface area (Å²) in [5.74, 6) is -1.13. The van der Waals surface area contributed by atoms with Crippen LogP contribution in [0.15, 0.2) is 76.6 Å². The Morgan fingerprint density at radius 2 is 1.80 bits per heavy atom. The van der Waals surface area contributed by atoms with Gasteiger partial charge in [0.05, 0.1) is 21.2 Å². The first kappa shape index (κ1) is 20.8. The summed E-state index contributed by atoms with van der Waals surface area (Å²) >= 11 is 3.19.